The van der Waals surface area contributed by atoms with Crippen molar-refractivity contribution in [3.63, 3.8) is 0 Å². The van der Waals surface area contributed by atoms with E-state index < -0.39 is 6.29 Å². The van der Waals surface area contributed by atoms with Gasteiger partial charge in [-0.25, -0.2) is 9.38 Å². The molecule has 0 saturated heterocycles. The van der Waals surface area contributed by atoms with Gasteiger partial charge < -0.3 is 19.9 Å². The van der Waals surface area contributed by atoms with E-state index in [1.165, 1.54) is 15.3 Å². The summed E-state index contributed by atoms with van der Waals surface area (Å²) in [6.07, 6.45) is 2.12. The Bertz CT molecular complexity index is 833. The van der Waals surface area contributed by atoms with Crippen molar-refractivity contribution in [2.75, 3.05) is 6.61 Å². The van der Waals surface area contributed by atoms with Crippen LogP contribution in [0.1, 0.15) is 12.1 Å². The molecular weight excluding hydrogens is 278 g/mol. The Balaban J connectivity index is 1.99. The van der Waals surface area contributed by atoms with Gasteiger partial charge in [-0.15, -0.1) is 0 Å². The van der Waals surface area contributed by atoms with E-state index in [-0.39, 0.29) is 30.8 Å². The largest absolute Gasteiger partial charge is 0.396 e. The molecular formula is C12H15N5O4. The van der Waals surface area contributed by atoms with Crippen LogP contribution in [0.2, 0.25) is 0 Å². The molecule has 1 atom stereocenters. The molecule has 112 valence electrons. The Morgan fingerprint density at radius 2 is 2.33 bits per heavy atom. The highest BCUT2D eigenvalue weighted by Gasteiger charge is 2.13. The number of nitrogens with one attached hydrogen (secondary N) is 1. The molecule has 3 rings (SSSR count). The van der Waals surface area contributed by atoms with Crippen molar-refractivity contribution >= 4 is 16.9 Å². The number of fused-ring (bicyclic) bond motifs is 2. The second-order valence-electron chi connectivity index (χ2n) is 4.70. The lowest BCUT2D eigenvalue weighted by atomic mass is 10.4. The summed E-state index contributed by atoms with van der Waals surface area (Å²) >= 11 is 0. The van der Waals surface area contributed by atoms with Crippen LogP contribution < -0.4 is 5.56 Å². The summed E-state index contributed by atoms with van der Waals surface area (Å²) in [5.74, 6) is 0.419. The van der Waals surface area contributed by atoms with Gasteiger partial charge in [-0.05, 0) is 6.92 Å². The van der Waals surface area contributed by atoms with Gasteiger partial charge in [0.25, 0.3) is 5.56 Å². The predicted molar refractivity (Wildman–Crippen MR) is 72.6 cm³/mol. The van der Waals surface area contributed by atoms with Gasteiger partial charge in [-0.2, -0.15) is 4.98 Å². The van der Waals surface area contributed by atoms with Gasteiger partial charge in [0.2, 0.25) is 5.78 Å². The molecule has 3 heterocycles. The molecule has 0 aromatic carbocycles. The number of imidazole rings is 2. The fourth-order valence-electron chi connectivity index (χ4n) is 2.07. The Hall–Kier alpha value is -2.23. The minimum Gasteiger partial charge on any atom is -0.396 e. The maximum absolute atomic E-state index is 12.3. The third-order valence-corrected chi connectivity index (χ3v) is 3.09. The normalized spacial score (nSPS) is 13.3. The molecule has 0 radical (unpaired) electrons. The van der Waals surface area contributed by atoms with Crippen molar-refractivity contribution in [3.05, 3.63) is 28.6 Å². The monoisotopic (exact) mass is 293 g/mol. The number of hydrogen-bond acceptors (Lipinski definition) is 6. The van der Waals surface area contributed by atoms with Gasteiger partial charge in [0.05, 0.1) is 6.33 Å². The molecule has 0 bridgehead atoms. The molecule has 0 spiro atoms. The number of aliphatic hydroxyl groups is 2. The van der Waals surface area contributed by atoms with E-state index in [1.807, 2.05) is 6.92 Å². The fraction of sp³-hybridized carbons (Fsp3) is 0.417. The SMILES string of the molecule is Cc1cn2c(=O)c3ncn(COC(O)CCO)c3nc2[nH]1. The van der Waals surface area contributed by atoms with Crippen LogP contribution in [-0.2, 0) is 11.5 Å². The molecule has 9 nitrogen and oxygen atoms in total. The summed E-state index contributed by atoms with van der Waals surface area (Å²) in [4.78, 5) is 23.6. The summed E-state index contributed by atoms with van der Waals surface area (Å²) in [5.41, 5.74) is 1.15. The van der Waals surface area contributed by atoms with Crippen molar-refractivity contribution < 1.29 is 14.9 Å². The molecule has 0 aliphatic rings. The Kier molecular flexibility index (Phi) is 3.45. The summed E-state index contributed by atoms with van der Waals surface area (Å²) < 4.78 is 8.07. The minimum absolute atomic E-state index is 0.0139. The zero-order valence-corrected chi connectivity index (χ0v) is 11.4. The molecule has 0 saturated carbocycles. The van der Waals surface area contributed by atoms with E-state index in [1.54, 1.807) is 6.20 Å². The number of aromatic nitrogens is 5. The van der Waals surface area contributed by atoms with Crippen molar-refractivity contribution in [3.8, 4) is 0 Å². The summed E-state index contributed by atoms with van der Waals surface area (Å²) in [6, 6.07) is 0. The molecule has 0 amide bonds. The quantitative estimate of drug-likeness (QED) is 0.538. The molecule has 1 unspecified atom stereocenters. The molecule has 3 aromatic heterocycles. The van der Waals surface area contributed by atoms with E-state index >= 15 is 0 Å². The van der Waals surface area contributed by atoms with Crippen LogP contribution >= 0.6 is 0 Å². The third kappa shape index (κ3) is 2.42. The topological polar surface area (TPSA) is 118 Å². The van der Waals surface area contributed by atoms with Gasteiger partial charge >= 0.3 is 0 Å². The second-order valence-corrected chi connectivity index (χ2v) is 4.70. The van der Waals surface area contributed by atoms with E-state index in [4.69, 9.17) is 9.84 Å². The molecule has 0 aliphatic heterocycles. The highest BCUT2D eigenvalue weighted by Crippen LogP contribution is 2.09. The average Bonchev–Trinajstić information content (AvgIpc) is 3.01. The van der Waals surface area contributed by atoms with Crippen LogP contribution in [0.15, 0.2) is 17.3 Å². The van der Waals surface area contributed by atoms with Crippen LogP contribution in [0.4, 0.5) is 0 Å². The highest BCUT2D eigenvalue weighted by atomic mass is 16.6. The molecule has 0 aliphatic carbocycles. The highest BCUT2D eigenvalue weighted by molar-refractivity contribution is 5.71. The van der Waals surface area contributed by atoms with Gasteiger partial charge in [0.1, 0.15) is 6.73 Å². The minimum atomic E-state index is -1.08. The number of aromatic amines is 1. The maximum Gasteiger partial charge on any atom is 0.287 e. The lowest BCUT2D eigenvalue weighted by molar-refractivity contribution is -0.132. The van der Waals surface area contributed by atoms with Gasteiger partial charge in [0.15, 0.2) is 17.5 Å². The smallest absolute Gasteiger partial charge is 0.287 e. The number of rotatable bonds is 5. The Labute approximate surface area is 118 Å². The first-order valence-electron chi connectivity index (χ1n) is 6.43. The molecule has 3 N–H and O–H groups in total. The molecule has 0 fully saturated rings. The van der Waals surface area contributed by atoms with Crippen LogP contribution in [0.25, 0.3) is 16.9 Å². The van der Waals surface area contributed by atoms with Crippen molar-refractivity contribution in [2.45, 2.75) is 26.4 Å². The first-order chi connectivity index (χ1) is 10.1. The van der Waals surface area contributed by atoms with Crippen molar-refractivity contribution in [1.82, 2.24) is 23.9 Å². The summed E-state index contributed by atoms with van der Waals surface area (Å²) in [5, 5.41) is 18.1. The van der Waals surface area contributed by atoms with Crippen LogP contribution in [-0.4, -0.2) is 47.0 Å². The summed E-state index contributed by atoms with van der Waals surface area (Å²) in [7, 11) is 0. The van der Waals surface area contributed by atoms with E-state index in [2.05, 4.69) is 15.0 Å². The number of ether oxygens (including phenoxy) is 1. The van der Waals surface area contributed by atoms with Gasteiger partial charge in [-0.3, -0.25) is 9.36 Å². The second kappa shape index (κ2) is 5.28. The van der Waals surface area contributed by atoms with Crippen LogP contribution in [0.5, 0.6) is 0 Å². The van der Waals surface area contributed by atoms with Crippen molar-refractivity contribution in [2.24, 2.45) is 0 Å². The number of nitrogens with zero attached hydrogens (tertiary/aromatic N) is 4. The first-order valence-corrected chi connectivity index (χ1v) is 6.43. The Morgan fingerprint density at radius 1 is 1.52 bits per heavy atom. The first kappa shape index (κ1) is 13.7. The van der Waals surface area contributed by atoms with E-state index in [9.17, 15) is 9.90 Å². The van der Waals surface area contributed by atoms with Crippen LogP contribution in [0.3, 0.4) is 0 Å². The lowest BCUT2D eigenvalue weighted by Crippen LogP contribution is -2.17. The zero-order valence-electron chi connectivity index (χ0n) is 11.4. The van der Waals surface area contributed by atoms with Crippen LogP contribution in [0, 0.1) is 6.92 Å². The molecule has 21 heavy (non-hydrogen) atoms. The third-order valence-electron chi connectivity index (χ3n) is 3.09. The molecule has 3 aromatic rings. The van der Waals surface area contributed by atoms with Gasteiger partial charge in [-0.1, -0.05) is 0 Å². The number of aryl methyl sites for hydroxylation is 1. The molecule has 9 heteroatoms. The average molecular weight is 293 g/mol. The fourth-order valence-corrected chi connectivity index (χ4v) is 2.07. The standard InChI is InChI=1S/C12H15N5O4/c1-7-4-17-11(20)9-10(15-12(17)14-7)16(5-13-9)6-21-8(19)2-3-18/h4-5,8,18-19H,2-3,6H2,1H3,(H,14,15). The zero-order chi connectivity index (χ0) is 15.0. The number of aliphatic hydroxyl groups excluding tert-OH is 2. The maximum atomic E-state index is 12.3. The lowest BCUT2D eigenvalue weighted by Gasteiger charge is -2.10. The summed E-state index contributed by atoms with van der Waals surface area (Å²) in [6.45, 7) is 1.64. The van der Waals surface area contributed by atoms with Gasteiger partial charge in [0, 0.05) is 24.9 Å². The predicted octanol–water partition coefficient (Wildman–Crippen LogP) is -0.644. The number of H-pyrrole nitrogens is 1. The van der Waals surface area contributed by atoms with Crippen molar-refractivity contribution in [1.29, 1.82) is 0 Å². The van der Waals surface area contributed by atoms with E-state index in [0.717, 1.165) is 5.69 Å². The Morgan fingerprint density at radius 3 is 3.10 bits per heavy atom. The number of hydrogen-bond donors (Lipinski definition) is 3. The van der Waals surface area contributed by atoms with E-state index in [0.29, 0.717) is 11.4 Å².